The van der Waals surface area contributed by atoms with Crippen LogP contribution in [0.1, 0.15) is 32.1 Å². The number of oxime groups is 1. The van der Waals surface area contributed by atoms with Gasteiger partial charge in [-0.25, -0.2) is 9.78 Å². The monoisotopic (exact) mass is 498 g/mol. The number of piperazine rings is 1. The van der Waals surface area contributed by atoms with Crippen molar-refractivity contribution in [1.82, 2.24) is 14.9 Å². The van der Waals surface area contributed by atoms with E-state index in [2.05, 4.69) is 15.5 Å². The molecular weight excluding hydrogens is 472 g/mol. The summed E-state index contributed by atoms with van der Waals surface area (Å²) in [6.45, 7) is 2.03. The molecule has 35 heavy (non-hydrogen) atoms. The number of nitrogens with zero attached hydrogens (tertiary/aromatic N) is 5. The first-order chi connectivity index (χ1) is 17.1. The molecule has 0 bridgehead atoms. The number of amides is 2. The number of hydrogen-bond donors (Lipinski definition) is 1. The number of anilines is 2. The molecule has 11 heteroatoms. The second kappa shape index (κ2) is 9.99. The van der Waals surface area contributed by atoms with Crippen LogP contribution in [0, 0.1) is 0 Å². The lowest BCUT2D eigenvalue weighted by Gasteiger charge is -2.39. The molecule has 2 aliphatic heterocycles. The fourth-order valence-electron chi connectivity index (χ4n) is 4.66. The lowest BCUT2D eigenvalue weighted by atomic mass is 9.91. The van der Waals surface area contributed by atoms with Crippen molar-refractivity contribution in [2.24, 2.45) is 5.16 Å². The van der Waals surface area contributed by atoms with Gasteiger partial charge in [0.05, 0.1) is 5.02 Å². The van der Waals surface area contributed by atoms with Gasteiger partial charge in [-0.3, -0.25) is 10.1 Å². The molecule has 0 radical (unpaired) electrons. The summed E-state index contributed by atoms with van der Waals surface area (Å²) >= 11 is 6.29. The number of aromatic nitrogens is 1. The molecule has 1 saturated carbocycles. The number of rotatable bonds is 4. The van der Waals surface area contributed by atoms with Crippen LogP contribution in [-0.4, -0.2) is 64.7 Å². The van der Waals surface area contributed by atoms with Crippen molar-refractivity contribution in [1.29, 1.82) is 0 Å². The number of halogens is 1. The van der Waals surface area contributed by atoms with Gasteiger partial charge < -0.3 is 19.5 Å². The van der Waals surface area contributed by atoms with E-state index in [1.807, 2.05) is 23.1 Å². The minimum absolute atomic E-state index is 0.0144. The number of hydroxylamine groups is 2. The smallest absolute Gasteiger partial charge is 0.362 e. The molecule has 1 aliphatic carbocycles. The third kappa shape index (κ3) is 4.84. The van der Waals surface area contributed by atoms with E-state index in [1.165, 1.54) is 5.06 Å². The van der Waals surface area contributed by atoms with Crippen LogP contribution in [0.25, 0.3) is 0 Å². The number of carbonyl (C=O) groups is 2. The zero-order valence-corrected chi connectivity index (χ0v) is 20.0. The van der Waals surface area contributed by atoms with Crippen molar-refractivity contribution < 1.29 is 19.3 Å². The lowest BCUT2D eigenvalue weighted by Crippen LogP contribution is -2.57. The zero-order chi connectivity index (χ0) is 24.3. The van der Waals surface area contributed by atoms with E-state index in [0.717, 1.165) is 19.3 Å². The Hall–Kier alpha value is -3.53. The molecule has 1 N–H and O–H groups in total. The van der Waals surface area contributed by atoms with E-state index in [-0.39, 0.29) is 11.7 Å². The molecule has 1 saturated heterocycles. The van der Waals surface area contributed by atoms with Crippen molar-refractivity contribution in [3.63, 3.8) is 0 Å². The van der Waals surface area contributed by atoms with Crippen molar-refractivity contribution in [3.8, 4) is 0 Å². The molecule has 184 valence electrons. The molecule has 10 nitrogen and oxygen atoms in total. The second-order valence-corrected chi connectivity index (χ2v) is 9.17. The van der Waals surface area contributed by atoms with E-state index in [1.54, 1.807) is 35.4 Å². The molecule has 3 aliphatic rings. The van der Waals surface area contributed by atoms with Gasteiger partial charge in [-0.1, -0.05) is 41.4 Å². The maximum atomic E-state index is 13.5. The Morgan fingerprint density at radius 3 is 2.46 bits per heavy atom. The Labute approximate surface area is 208 Å². The fourth-order valence-corrected chi connectivity index (χ4v) is 4.91. The van der Waals surface area contributed by atoms with Crippen LogP contribution >= 0.6 is 11.6 Å². The first-order valence-electron chi connectivity index (χ1n) is 11.8. The van der Waals surface area contributed by atoms with Gasteiger partial charge in [0.2, 0.25) is 5.72 Å². The van der Waals surface area contributed by atoms with E-state index in [0.29, 0.717) is 55.5 Å². The Balaban J connectivity index is 1.28. The summed E-state index contributed by atoms with van der Waals surface area (Å²) < 4.78 is 0. The molecular formula is C24H27ClN6O4. The predicted octanol–water partition coefficient (Wildman–Crippen LogP) is 3.85. The Kier molecular flexibility index (Phi) is 6.63. The second-order valence-electron chi connectivity index (χ2n) is 8.77. The van der Waals surface area contributed by atoms with E-state index in [4.69, 9.17) is 21.3 Å². The highest BCUT2D eigenvalue weighted by atomic mass is 35.5. The Bertz CT molecular complexity index is 1100. The minimum atomic E-state index is -0.958. The molecule has 1 aromatic carbocycles. The van der Waals surface area contributed by atoms with Crippen LogP contribution < -0.4 is 10.2 Å². The summed E-state index contributed by atoms with van der Waals surface area (Å²) in [6.07, 6.45) is 5.04. The van der Waals surface area contributed by atoms with Crippen LogP contribution in [0.5, 0.6) is 0 Å². The molecule has 1 aromatic heterocycles. The van der Waals surface area contributed by atoms with E-state index < -0.39 is 11.8 Å². The van der Waals surface area contributed by atoms with Gasteiger partial charge in [-0.2, -0.15) is 0 Å². The quantitative estimate of drug-likeness (QED) is 0.683. The van der Waals surface area contributed by atoms with Crippen molar-refractivity contribution in [2.75, 3.05) is 36.4 Å². The zero-order valence-electron chi connectivity index (χ0n) is 19.2. The lowest BCUT2D eigenvalue weighted by molar-refractivity contribution is -0.225. The maximum Gasteiger partial charge on any atom is 0.436 e. The molecule has 0 unspecified atom stereocenters. The summed E-state index contributed by atoms with van der Waals surface area (Å²) in [4.78, 5) is 45.8. The number of benzene rings is 1. The average Bonchev–Trinajstić information content (AvgIpc) is 3.21. The normalized spacial score (nSPS) is 19.2. The van der Waals surface area contributed by atoms with Crippen LogP contribution in [0.3, 0.4) is 0 Å². The SMILES string of the molecule is O=C(Nc1ccccc1)ON1C(C(=O)N2CCN(c3ncccc3Cl)CC2)=NOC12CCCCC2. The van der Waals surface area contributed by atoms with Gasteiger partial charge in [-0.15, -0.1) is 5.06 Å². The summed E-state index contributed by atoms with van der Waals surface area (Å²) in [5.41, 5.74) is -0.370. The molecule has 0 atom stereocenters. The summed E-state index contributed by atoms with van der Waals surface area (Å²) in [6, 6.07) is 12.6. The van der Waals surface area contributed by atoms with E-state index >= 15 is 0 Å². The van der Waals surface area contributed by atoms with Crippen molar-refractivity contribution >= 4 is 40.9 Å². The van der Waals surface area contributed by atoms with Crippen LogP contribution in [0.4, 0.5) is 16.3 Å². The first-order valence-corrected chi connectivity index (χ1v) is 12.2. The van der Waals surface area contributed by atoms with Crippen LogP contribution in [0.2, 0.25) is 5.02 Å². The van der Waals surface area contributed by atoms with E-state index in [9.17, 15) is 9.59 Å². The highest BCUT2D eigenvalue weighted by Crippen LogP contribution is 2.39. The fraction of sp³-hybridized carbons (Fsp3) is 0.417. The molecule has 2 aromatic rings. The molecule has 1 spiro atoms. The number of amidine groups is 1. The third-order valence-corrected chi connectivity index (χ3v) is 6.79. The number of pyridine rings is 1. The summed E-state index contributed by atoms with van der Waals surface area (Å²) in [5.74, 6) is 0.345. The third-order valence-electron chi connectivity index (χ3n) is 6.49. The van der Waals surface area contributed by atoms with Gasteiger partial charge >= 0.3 is 6.09 Å². The highest BCUT2D eigenvalue weighted by molar-refractivity contribution is 6.37. The summed E-state index contributed by atoms with van der Waals surface area (Å²) in [5, 5.41) is 8.67. The molecule has 2 amide bonds. The van der Waals surface area contributed by atoms with Gasteiger partial charge in [0.1, 0.15) is 5.82 Å². The average molecular weight is 499 g/mol. The van der Waals surface area contributed by atoms with Gasteiger partial charge in [0, 0.05) is 50.9 Å². The standard InChI is InChI=1S/C24H27ClN6O4/c25-19-10-7-13-26-20(19)29-14-16-30(17-15-29)22(32)21-28-35-24(11-5-2-6-12-24)31(21)34-23(33)27-18-8-3-1-4-9-18/h1,3-4,7-10,13H,2,5-6,11-12,14-17H2,(H,27,33). The number of para-hydroxylation sites is 1. The van der Waals surface area contributed by atoms with Crippen molar-refractivity contribution in [3.05, 3.63) is 53.7 Å². The van der Waals surface area contributed by atoms with Crippen molar-refractivity contribution in [2.45, 2.75) is 37.8 Å². The minimum Gasteiger partial charge on any atom is -0.362 e. The van der Waals surface area contributed by atoms with Gasteiger partial charge in [0.25, 0.3) is 11.7 Å². The molecule has 3 heterocycles. The molecule has 2 fully saturated rings. The van der Waals surface area contributed by atoms with Crippen LogP contribution in [-0.2, 0) is 14.5 Å². The topological polar surface area (TPSA) is 99.6 Å². The first kappa shape index (κ1) is 23.2. The summed E-state index contributed by atoms with van der Waals surface area (Å²) in [7, 11) is 0. The van der Waals surface area contributed by atoms with Gasteiger partial charge in [-0.05, 0) is 37.1 Å². The number of hydrogen-bond acceptors (Lipinski definition) is 8. The number of nitrogens with one attached hydrogen (secondary N) is 1. The highest BCUT2D eigenvalue weighted by Gasteiger charge is 2.52. The maximum absolute atomic E-state index is 13.5. The molecule has 5 rings (SSSR count). The Morgan fingerprint density at radius 2 is 1.74 bits per heavy atom. The Morgan fingerprint density at radius 1 is 1.00 bits per heavy atom. The number of carbonyl (C=O) groups excluding carboxylic acids is 2. The van der Waals surface area contributed by atoms with Gasteiger partial charge in [0.15, 0.2) is 0 Å². The predicted molar refractivity (Wildman–Crippen MR) is 131 cm³/mol. The largest absolute Gasteiger partial charge is 0.436 e. The van der Waals surface area contributed by atoms with Crippen LogP contribution in [0.15, 0.2) is 53.8 Å².